The van der Waals surface area contributed by atoms with Crippen molar-refractivity contribution in [3.8, 4) is 0 Å². The molecule has 2 aliphatic rings. The molecule has 0 bridgehead atoms. The van der Waals surface area contributed by atoms with Crippen LogP contribution in [0, 0.1) is 19.8 Å². The molecule has 1 aromatic heterocycles. The number of anilines is 1. The lowest BCUT2D eigenvalue weighted by molar-refractivity contribution is 0.0531. The van der Waals surface area contributed by atoms with Crippen LogP contribution < -0.4 is 4.90 Å². The van der Waals surface area contributed by atoms with E-state index in [9.17, 15) is 0 Å². The Morgan fingerprint density at radius 3 is 2.68 bits per heavy atom. The topological polar surface area (TPSA) is 38.2 Å². The second-order valence-electron chi connectivity index (χ2n) is 5.80. The minimum absolute atomic E-state index is 0.520. The van der Waals surface area contributed by atoms with Crippen LogP contribution >= 0.6 is 0 Å². The van der Waals surface area contributed by atoms with E-state index >= 15 is 0 Å². The van der Waals surface area contributed by atoms with Gasteiger partial charge >= 0.3 is 0 Å². The second kappa shape index (κ2) is 5.45. The first kappa shape index (κ1) is 12.9. The van der Waals surface area contributed by atoms with Gasteiger partial charge in [-0.1, -0.05) is 0 Å². The predicted octanol–water partition coefficient (Wildman–Crippen LogP) is 2.49. The summed E-state index contributed by atoms with van der Waals surface area (Å²) >= 11 is 0. The fourth-order valence-corrected chi connectivity index (χ4v) is 3.28. The summed E-state index contributed by atoms with van der Waals surface area (Å²) in [5, 5.41) is 0. The van der Waals surface area contributed by atoms with Crippen molar-refractivity contribution in [3.63, 3.8) is 0 Å². The van der Waals surface area contributed by atoms with Crippen LogP contribution in [0.25, 0.3) is 0 Å². The van der Waals surface area contributed by atoms with E-state index in [0.717, 1.165) is 42.8 Å². The van der Waals surface area contributed by atoms with Crippen molar-refractivity contribution < 1.29 is 4.74 Å². The average Bonchev–Trinajstić information content (AvgIpc) is 2.96. The molecule has 4 nitrogen and oxygen atoms in total. The van der Waals surface area contributed by atoms with E-state index in [4.69, 9.17) is 4.74 Å². The average molecular weight is 261 g/mol. The summed E-state index contributed by atoms with van der Waals surface area (Å²) in [5.74, 6) is 1.82. The summed E-state index contributed by atoms with van der Waals surface area (Å²) in [6.07, 6.45) is 7.31. The lowest BCUT2D eigenvalue weighted by Gasteiger charge is -2.35. The highest BCUT2D eigenvalue weighted by Crippen LogP contribution is 2.30. The van der Waals surface area contributed by atoms with Gasteiger partial charge in [0.25, 0.3) is 0 Å². The minimum Gasteiger partial charge on any atom is -0.378 e. The Labute approximate surface area is 115 Å². The molecule has 104 valence electrons. The van der Waals surface area contributed by atoms with Gasteiger partial charge in [-0.3, -0.25) is 4.98 Å². The summed E-state index contributed by atoms with van der Waals surface area (Å²) in [5.41, 5.74) is 2.04. The molecule has 0 aliphatic carbocycles. The van der Waals surface area contributed by atoms with Gasteiger partial charge in [0, 0.05) is 25.9 Å². The molecule has 1 unspecified atom stereocenters. The molecule has 0 amide bonds. The molecule has 4 heteroatoms. The van der Waals surface area contributed by atoms with E-state index in [1.54, 1.807) is 0 Å². The summed E-state index contributed by atoms with van der Waals surface area (Å²) < 4.78 is 5.83. The molecule has 2 aliphatic heterocycles. The van der Waals surface area contributed by atoms with Gasteiger partial charge in [-0.05, 0) is 45.4 Å². The molecule has 0 radical (unpaired) electrons. The zero-order valence-electron chi connectivity index (χ0n) is 11.9. The molecule has 1 aromatic rings. The molecule has 0 saturated carbocycles. The van der Waals surface area contributed by atoms with Gasteiger partial charge < -0.3 is 9.64 Å². The van der Waals surface area contributed by atoms with Gasteiger partial charge in [0.2, 0.25) is 0 Å². The monoisotopic (exact) mass is 261 g/mol. The lowest BCUT2D eigenvalue weighted by Crippen LogP contribution is -2.38. The first-order valence-corrected chi connectivity index (χ1v) is 7.41. The van der Waals surface area contributed by atoms with Crippen LogP contribution in [-0.2, 0) is 4.74 Å². The number of piperidine rings is 1. The van der Waals surface area contributed by atoms with Gasteiger partial charge in [0.1, 0.15) is 5.82 Å². The molecule has 0 spiro atoms. The van der Waals surface area contributed by atoms with Crippen LogP contribution in [0.15, 0.2) is 6.20 Å². The number of rotatable bonds is 2. The predicted molar refractivity (Wildman–Crippen MR) is 75.4 cm³/mol. The van der Waals surface area contributed by atoms with E-state index in [1.807, 2.05) is 20.0 Å². The number of ether oxygens (including phenoxy) is 1. The molecule has 3 rings (SSSR count). The van der Waals surface area contributed by atoms with Crippen LogP contribution in [0.3, 0.4) is 0 Å². The van der Waals surface area contributed by atoms with Crippen molar-refractivity contribution in [1.82, 2.24) is 9.97 Å². The number of aromatic nitrogens is 2. The molecule has 2 saturated heterocycles. The highest BCUT2D eigenvalue weighted by atomic mass is 16.5. The maximum absolute atomic E-state index is 5.83. The Bertz CT molecular complexity index is 435. The maximum atomic E-state index is 5.83. The first-order chi connectivity index (χ1) is 9.24. The smallest absolute Gasteiger partial charge is 0.150 e. The van der Waals surface area contributed by atoms with Crippen LogP contribution in [0.4, 0.5) is 5.82 Å². The zero-order valence-corrected chi connectivity index (χ0v) is 11.9. The van der Waals surface area contributed by atoms with Gasteiger partial charge in [-0.2, -0.15) is 0 Å². The van der Waals surface area contributed by atoms with Crippen molar-refractivity contribution in [2.75, 3.05) is 24.6 Å². The quantitative estimate of drug-likeness (QED) is 0.820. The normalized spacial score (nSPS) is 24.9. The Morgan fingerprint density at radius 1 is 1.21 bits per heavy atom. The molecule has 0 aromatic carbocycles. The van der Waals surface area contributed by atoms with Crippen LogP contribution in [0.1, 0.15) is 37.1 Å². The van der Waals surface area contributed by atoms with Crippen LogP contribution in [0.5, 0.6) is 0 Å². The van der Waals surface area contributed by atoms with E-state index in [1.165, 1.54) is 25.7 Å². The third-order valence-electron chi connectivity index (χ3n) is 4.38. The van der Waals surface area contributed by atoms with Crippen molar-refractivity contribution in [1.29, 1.82) is 0 Å². The first-order valence-electron chi connectivity index (χ1n) is 7.41. The van der Waals surface area contributed by atoms with Crippen LogP contribution in [0.2, 0.25) is 0 Å². The Balaban J connectivity index is 1.64. The lowest BCUT2D eigenvalue weighted by atomic mass is 9.90. The fourth-order valence-electron chi connectivity index (χ4n) is 3.28. The second-order valence-corrected chi connectivity index (χ2v) is 5.80. The van der Waals surface area contributed by atoms with E-state index < -0.39 is 0 Å². The number of nitrogens with zero attached hydrogens (tertiary/aromatic N) is 3. The highest BCUT2D eigenvalue weighted by molar-refractivity contribution is 5.43. The number of hydrogen-bond acceptors (Lipinski definition) is 4. The number of hydrogen-bond donors (Lipinski definition) is 0. The Hall–Kier alpha value is -1.16. The Morgan fingerprint density at radius 2 is 2.00 bits per heavy atom. The molecular weight excluding hydrogens is 238 g/mol. The summed E-state index contributed by atoms with van der Waals surface area (Å²) in [6.45, 7) is 7.20. The van der Waals surface area contributed by atoms with Crippen molar-refractivity contribution in [2.45, 2.75) is 45.6 Å². The largest absolute Gasteiger partial charge is 0.378 e. The van der Waals surface area contributed by atoms with Gasteiger partial charge in [-0.25, -0.2) is 4.98 Å². The molecule has 0 N–H and O–H groups in total. The zero-order chi connectivity index (χ0) is 13.2. The van der Waals surface area contributed by atoms with Gasteiger partial charge in [0.05, 0.1) is 17.5 Å². The molecule has 1 atom stereocenters. The minimum atomic E-state index is 0.520. The highest BCUT2D eigenvalue weighted by Gasteiger charge is 2.30. The van der Waals surface area contributed by atoms with Crippen molar-refractivity contribution in [3.05, 3.63) is 17.6 Å². The summed E-state index contributed by atoms with van der Waals surface area (Å²) in [6, 6.07) is 0. The third kappa shape index (κ3) is 2.73. The van der Waals surface area contributed by atoms with E-state index in [0.29, 0.717) is 6.10 Å². The van der Waals surface area contributed by atoms with Crippen LogP contribution in [-0.4, -0.2) is 35.8 Å². The van der Waals surface area contributed by atoms with E-state index in [-0.39, 0.29) is 0 Å². The van der Waals surface area contributed by atoms with E-state index in [2.05, 4.69) is 14.9 Å². The summed E-state index contributed by atoms with van der Waals surface area (Å²) in [7, 11) is 0. The molecule has 19 heavy (non-hydrogen) atoms. The Kier molecular flexibility index (Phi) is 3.69. The molecule has 2 fully saturated rings. The third-order valence-corrected chi connectivity index (χ3v) is 4.38. The standard InChI is InChI=1S/C15H23N3O/c1-11-10-16-12(2)15(17-11)18-7-5-13(6-8-18)14-4-3-9-19-14/h10,13-14H,3-9H2,1-2H3. The van der Waals surface area contributed by atoms with Gasteiger partial charge in [0.15, 0.2) is 0 Å². The fraction of sp³-hybridized carbons (Fsp3) is 0.733. The SMILES string of the molecule is Cc1cnc(C)c(N2CCC(C3CCCO3)CC2)n1. The van der Waals surface area contributed by atoms with Crippen molar-refractivity contribution >= 4 is 5.82 Å². The summed E-state index contributed by atoms with van der Waals surface area (Å²) in [4.78, 5) is 11.5. The maximum Gasteiger partial charge on any atom is 0.150 e. The van der Waals surface area contributed by atoms with Crippen molar-refractivity contribution in [2.24, 2.45) is 5.92 Å². The molecule has 3 heterocycles. The van der Waals surface area contributed by atoms with Gasteiger partial charge in [-0.15, -0.1) is 0 Å². The molecular formula is C15H23N3O. The number of aryl methyl sites for hydroxylation is 2.